The van der Waals surface area contributed by atoms with E-state index in [9.17, 15) is 13.2 Å². The van der Waals surface area contributed by atoms with Crippen molar-refractivity contribution in [1.82, 2.24) is 15.2 Å². The topological polar surface area (TPSA) is 79.4 Å². The van der Waals surface area contributed by atoms with Gasteiger partial charge in [-0.2, -0.15) is 0 Å². The van der Waals surface area contributed by atoms with Crippen molar-refractivity contribution >= 4 is 15.7 Å². The second-order valence-electron chi connectivity index (χ2n) is 6.98. The van der Waals surface area contributed by atoms with E-state index in [1.807, 2.05) is 18.2 Å². The van der Waals surface area contributed by atoms with E-state index >= 15 is 0 Å². The summed E-state index contributed by atoms with van der Waals surface area (Å²) >= 11 is 0. The quantitative estimate of drug-likeness (QED) is 0.794. The third-order valence-corrected chi connectivity index (χ3v) is 5.40. The Labute approximate surface area is 144 Å². The zero-order valence-electron chi connectivity index (χ0n) is 14.6. The van der Waals surface area contributed by atoms with Crippen molar-refractivity contribution in [3.05, 3.63) is 30.1 Å². The van der Waals surface area contributed by atoms with E-state index in [1.165, 1.54) is 0 Å². The van der Waals surface area contributed by atoms with Gasteiger partial charge in [0.05, 0.1) is 11.4 Å². The minimum absolute atomic E-state index is 0.0282. The highest BCUT2D eigenvalue weighted by Crippen LogP contribution is 2.25. The van der Waals surface area contributed by atoms with Crippen LogP contribution in [-0.4, -0.2) is 55.3 Å². The molecule has 0 bridgehead atoms. The number of rotatable bonds is 7. The number of nitrogens with one attached hydrogen (secondary N) is 1. The molecule has 1 saturated heterocycles. The zero-order chi connectivity index (χ0) is 17.7. The van der Waals surface area contributed by atoms with Gasteiger partial charge in [-0.1, -0.05) is 19.9 Å². The summed E-state index contributed by atoms with van der Waals surface area (Å²) in [5, 5.41) is 3.03. The summed E-state index contributed by atoms with van der Waals surface area (Å²) in [6.07, 6.45) is 2.97. The number of likely N-dealkylation sites (tertiary alicyclic amines) is 1. The molecule has 7 heteroatoms. The third-order valence-electron chi connectivity index (χ3n) is 4.46. The fourth-order valence-corrected chi connectivity index (χ4v) is 3.70. The van der Waals surface area contributed by atoms with Crippen LogP contribution in [0.3, 0.4) is 0 Å². The first kappa shape index (κ1) is 18.9. The molecule has 1 aliphatic rings. The van der Waals surface area contributed by atoms with Crippen LogP contribution in [0.4, 0.5) is 0 Å². The Balaban J connectivity index is 1.93. The minimum Gasteiger partial charge on any atom is -0.352 e. The number of amides is 1. The number of pyridine rings is 1. The average molecular weight is 353 g/mol. The van der Waals surface area contributed by atoms with Crippen molar-refractivity contribution < 1.29 is 13.2 Å². The average Bonchev–Trinajstić information content (AvgIpc) is 2.88. The first-order chi connectivity index (χ1) is 11.2. The molecule has 0 radical (unpaired) electrons. The molecule has 2 heterocycles. The molecular formula is C17H27N3O3S. The molecule has 1 aliphatic heterocycles. The molecule has 0 saturated carbocycles. The van der Waals surface area contributed by atoms with Crippen LogP contribution in [0.15, 0.2) is 24.4 Å². The Morgan fingerprint density at radius 2 is 2.12 bits per heavy atom. The predicted molar refractivity (Wildman–Crippen MR) is 94.1 cm³/mol. The van der Waals surface area contributed by atoms with E-state index in [0.717, 1.165) is 31.6 Å². The molecule has 1 fully saturated rings. The number of hydrogen-bond donors (Lipinski definition) is 1. The number of carbonyl (C=O) groups excluding carboxylic acids is 1. The van der Waals surface area contributed by atoms with Crippen LogP contribution >= 0.6 is 0 Å². The Kier molecular flexibility index (Phi) is 6.34. The fraction of sp³-hybridized carbons (Fsp3) is 0.647. The standard InChI is InChI=1S/C17H27N3O3S/c1-13(2)15-11-20(10-14-6-4-5-8-18-14)12-16(15)19-17(21)7-9-24(3,22)23/h4-6,8,13,15-16H,7,9-12H2,1-3H3,(H,19,21)/t15-,16+/m0/s1. The van der Waals surface area contributed by atoms with Crippen LogP contribution in [-0.2, 0) is 21.2 Å². The van der Waals surface area contributed by atoms with Crippen LogP contribution in [0.2, 0.25) is 0 Å². The predicted octanol–water partition coefficient (Wildman–Crippen LogP) is 1.09. The van der Waals surface area contributed by atoms with Gasteiger partial charge in [0.25, 0.3) is 0 Å². The second kappa shape index (κ2) is 8.07. The molecular weight excluding hydrogens is 326 g/mol. The molecule has 0 aromatic carbocycles. The molecule has 134 valence electrons. The van der Waals surface area contributed by atoms with E-state index in [1.54, 1.807) is 6.20 Å². The lowest BCUT2D eigenvalue weighted by Crippen LogP contribution is -2.42. The lowest BCUT2D eigenvalue weighted by atomic mass is 9.91. The number of carbonyl (C=O) groups is 1. The highest BCUT2D eigenvalue weighted by atomic mass is 32.2. The lowest BCUT2D eigenvalue weighted by Gasteiger charge is -2.22. The summed E-state index contributed by atoms with van der Waals surface area (Å²) in [6, 6.07) is 5.93. The molecule has 1 amide bonds. The van der Waals surface area contributed by atoms with Crippen LogP contribution in [0, 0.1) is 11.8 Å². The molecule has 0 spiro atoms. The van der Waals surface area contributed by atoms with Crippen molar-refractivity contribution in [1.29, 1.82) is 0 Å². The molecule has 24 heavy (non-hydrogen) atoms. The molecule has 1 aromatic heterocycles. The summed E-state index contributed by atoms with van der Waals surface area (Å²) in [4.78, 5) is 18.7. The van der Waals surface area contributed by atoms with Crippen LogP contribution in [0.5, 0.6) is 0 Å². The third kappa shape index (κ3) is 5.87. The number of sulfone groups is 1. The highest BCUT2D eigenvalue weighted by molar-refractivity contribution is 7.90. The monoisotopic (exact) mass is 353 g/mol. The molecule has 1 aromatic rings. The van der Waals surface area contributed by atoms with Gasteiger partial charge in [-0.25, -0.2) is 8.42 Å². The largest absolute Gasteiger partial charge is 0.352 e. The SMILES string of the molecule is CC(C)[C@@H]1CN(Cc2ccccn2)C[C@H]1NC(=O)CCS(C)(=O)=O. The molecule has 0 aliphatic carbocycles. The van der Waals surface area contributed by atoms with Crippen molar-refractivity contribution in [2.75, 3.05) is 25.1 Å². The van der Waals surface area contributed by atoms with E-state index in [2.05, 4.69) is 29.0 Å². The smallest absolute Gasteiger partial charge is 0.221 e. The van der Waals surface area contributed by atoms with Crippen LogP contribution < -0.4 is 5.32 Å². The summed E-state index contributed by atoms with van der Waals surface area (Å²) in [5.41, 5.74) is 1.02. The van der Waals surface area contributed by atoms with Crippen LogP contribution in [0.1, 0.15) is 26.0 Å². The van der Waals surface area contributed by atoms with Gasteiger partial charge in [-0.15, -0.1) is 0 Å². The van der Waals surface area contributed by atoms with Crippen molar-refractivity contribution in [2.45, 2.75) is 32.9 Å². The summed E-state index contributed by atoms with van der Waals surface area (Å²) in [6.45, 7) is 6.75. The fourth-order valence-electron chi connectivity index (χ4n) is 3.15. The van der Waals surface area contributed by atoms with Crippen molar-refractivity contribution in [3.8, 4) is 0 Å². The van der Waals surface area contributed by atoms with E-state index in [4.69, 9.17) is 0 Å². The number of hydrogen-bond acceptors (Lipinski definition) is 5. The van der Waals surface area contributed by atoms with Crippen LogP contribution in [0.25, 0.3) is 0 Å². The van der Waals surface area contributed by atoms with Gasteiger partial charge in [0.15, 0.2) is 0 Å². The van der Waals surface area contributed by atoms with Gasteiger partial charge in [0.2, 0.25) is 5.91 Å². The van der Waals surface area contributed by atoms with Crippen molar-refractivity contribution in [2.24, 2.45) is 11.8 Å². The Morgan fingerprint density at radius 3 is 2.71 bits per heavy atom. The van der Waals surface area contributed by atoms with E-state index in [0.29, 0.717) is 11.8 Å². The molecule has 2 rings (SSSR count). The maximum Gasteiger partial charge on any atom is 0.221 e. The normalized spacial score (nSPS) is 22.0. The second-order valence-corrected chi connectivity index (χ2v) is 9.24. The molecule has 1 N–H and O–H groups in total. The first-order valence-corrected chi connectivity index (χ1v) is 10.4. The van der Waals surface area contributed by atoms with Gasteiger partial charge in [0, 0.05) is 44.5 Å². The van der Waals surface area contributed by atoms with Gasteiger partial charge in [-0.3, -0.25) is 14.7 Å². The van der Waals surface area contributed by atoms with Gasteiger partial charge in [-0.05, 0) is 24.0 Å². The minimum atomic E-state index is -3.11. The number of aromatic nitrogens is 1. The maximum absolute atomic E-state index is 12.1. The Bertz CT molecular complexity index is 646. The van der Waals surface area contributed by atoms with Crippen molar-refractivity contribution in [3.63, 3.8) is 0 Å². The first-order valence-electron chi connectivity index (χ1n) is 8.34. The van der Waals surface area contributed by atoms with E-state index < -0.39 is 9.84 Å². The molecule has 0 unspecified atom stereocenters. The Hall–Kier alpha value is -1.47. The summed E-state index contributed by atoms with van der Waals surface area (Å²) < 4.78 is 22.4. The lowest BCUT2D eigenvalue weighted by molar-refractivity contribution is -0.121. The highest BCUT2D eigenvalue weighted by Gasteiger charge is 2.35. The summed E-state index contributed by atoms with van der Waals surface area (Å²) in [7, 11) is -3.11. The molecule has 6 nitrogen and oxygen atoms in total. The zero-order valence-corrected chi connectivity index (χ0v) is 15.4. The number of nitrogens with zero attached hydrogens (tertiary/aromatic N) is 2. The Morgan fingerprint density at radius 1 is 1.38 bits per heavy atom. The molecule has 2 atom stereocenters. The van der Waals surface area contributed by atoms with Gasteiger partial charge in [0.1, 0.15) is 9.84 Å². The van der Waals surface area contributed by atoms with E-state index in [-0.39, 0.29) is 24.1 Å². The maximum atomic E-state index is 12.1. The van der Waals surface area contributed by atoms with Gasteiger partial charge < -0.3 is 5.32 Å². The summed E-state index contributed by atoms with van der Waals surface area (Å²) in [5.74, 6) is 0.515. The van der Waals surface area contributed by atoms with Gasteiger partial charge >= 0.3 is 0 Å².